The van der Waals surface area contributed by atoms with E-state index in [0.717, 1.165) is 24.3 Å². The second-order valence-electron chi connectivity index (χ2n) is 6.12. The highest BCUT2D eigenvalue weighted by Crippen LogP contribution is 2.34. The van der Waals surface area contributed by atoms with Crippen molar-refractivity contribution in [3.63, 3.8) is 0 Å². The lowest BCUT2D eigenvalue weighted by molar-refractivity contribution is -0.137. The molecular weight excluding hydrogens is 431 g/mol. The summed E-state index contributed by atoms with van der Waals surface area (Å²) in [7, 11) is -3.88. The van der Waals surface area contributed by atoms with Crippen LogP contribution in [0.25, 0.3) is 0 Å². The Balaban J connectivity index is 1.74. The van der Waals surface area contributed by atoms with Crippen LogP contribution >= 0.6 is 22.7 Å². The molecule has 0 saturated carbocycles. The van der Waals surface area contributed by atoms with Crippen molar-refractivity contribution in [2.45, 2.75) is 17.5 Å². The number of alkyl halides is 3. The van der Waals surface area contributed by atoms with Gasteiger partial charge in [-0.3, -0.25) is 0 Å². The zero-order valence-corrected chi connectivity index (χ0v) is 16.8. The summed E-state index contributed by atoms with van der Waals surface area (Å²) in [5.74, 6) is -0.491. The minimum Gasteiger partial charge on any atom is -0.378 e. The fourth-order valence-electron chi connectivity index (χ4n) is 2.62. The third-order valence-corrected chi connectivity index (χ3v) is 7.12. The van der Waals surface area contributed by atoms with Crippen LogP contribution in [0.5, 0.6) is 0 Å². The van der Waals surface area contributed by atoms with Crippen LogP contribution in [-0.4, -0.2) is 20.1 Å². The summed E-state index contributed by atoms with van der Waals surface area (Å²) in [4.78, 5) is 0.586. The Bertz CT molecular complexity index is 963. The maximum absolute atomic E-state index is 12.6. The number of halogens is 3. The molecule has 1 atom stereocenters. The van der Waals surface area contributed by atoms with Crippen LogP contribution in [0.3, 0.4) is 0 Å². The van der Waals surface area contributed by atoms with E-state index in [0.29, 0.717) is 10.4 Å². The van der Waals surface area contributed by atoms with Gasteiger partial charge in [-0.2, -0.15) is 24.5 Å². The Hall–Kier alpha value is -1.72. The van der Waals surface area contributed by atoms with Crippen molar-refractivity contribution < 1.29 is 26.7 Å². The van der Waals surface area contributed by atoms with Crippen molar-refractivity contribution in [3.05, 3.63) is 80.2 Å². The van der Waals surface area contributed by atoms with Crippen molar-refractivity contribution in [1.82, 2.24) is 4.72 Å². The van der Waals surface area contributed by atoms with Crippen LogP contribution in [0.1, 0.15) is 21.6 Å². The first kappa shape index (κ1) is 21.0. The summed E-state index contributed by atoms with van der Waals surface area (Å²) >= 11 is 2.68. The Morgan fingerprint density at radius 2 is 1.71 bits per heavy atom. The van der Waals surface area contributed by atoms with E-state index in [4.69, 9.17) is 0 Å². The van der Waals surface area contributed by atoms with Gasteiger partial charge in [0.05, 0.1) is 11.3 Å². The molecule has 0 bridgehead atoms. The average molecular weight is 448 g/mol. The standard InChI is InChI=1S/C18H16F3NO3S3/c19-18(20,21)14-5-3-13(4-6-14)11-28(24,25)22-12-17(23,15-7-9-26-10-15)16-2-1-8-27-16/h1-10,22-23H,11-12H2. The van der Waals surface area contributed by atoms with Gasteiger partial charge in [0.1, 0.15) is 5.60 Å². The molecule has 4 nitrogen and oxygen atoms in total. The highest BCUT2D eigenvalue weighted by atomic mass is 32.2. The first-order valence-electron chi connectivity index (χ1n) is 8.03. The number of sulfonamides is 1. The van der Waals surface area contributed by atoms with Gasteiger partial charge in [0.2, 0.25) is 10.0 Å². The summed E-state index contributed by atoms with van der Waals surface area (Å²) in [6, 6.07) is 9.14. The largest absolute Gasteiger partial charge is 0.416 e. The van der Waals surface area contributed by atoms with Crippen LogP contribution in [0.2, 0.25) is 0 Å². The van der Waals surface area contributed by atoms with Gasteiger partial charge in [-0.25, -0.2) is 13.1 Å². The van der Waals surface area contributed by atoms with Gasteiger partial charge in [-0.05, 0) is 46.0 Å². The first-order valence-corrected chi connectivity index (χ1v) is 11.5. The summed E-state index contributed by atoms with van der Waals surface area (Å²) in [5, 5.41) is 16.5. The lowest BCUT2D eigenvalue weighted by atomic mass is 9.95. The van der Waals surface area contributed by atoms with Crippen molar-refractivity contribution in [3.8, 4) is 0 Å². The van der Waals surface area contributed by atoms with Gasteiger partial charge in [0, 0.05) is 17.0 Å². The van der Waals surface area contributed by atoms with E-state index in [1.54, 1.807) is 34.3 Å². The van der Waals surface area contributed by atoms with Crippen molar-refractivity contribution in [2.24, 2.45) is 0 Å². The van der Waals surface area contributed by atoms with Gasteiger partial charge in [0.15, 0.2) is 0 Å². The monoisotopic (exact) mass is 447 g/mol. The SMILES string of the molecule is O=S(=O)(Cc1ccc(C(F)(F)F)cc1)NCC(O)(c1ccsc1)c1cccs1. The number of aliphatic hydroxyl groups is 1. The number of hydrogen-bond acceptors (Lipinski definition) is 5. The number of benzene rings is 1. The van der Waals surface area contributed by atoms with E-state index >= 15 is 0 Å². The smallest absolute Gasteiger partial charge is 0.378 e. The molecule has 150 valence electrons. The van der Waals surface area contributed by atoms with Crippen molar-refractivity contribution >= 4 is 32.7 Å². The van der Waals surface area contributed by atoms with Gasteiger partial charge in [-0.1, -0.05) is 18.2 Å². The number of thiophene rings is 2. The fraction of sp³-hybridized carbons (Fsp3) is 0.222. The Kier molecular flexibility index (Phi) is 5.97. The molecule has 2 aromatic heterocycles. The Morgan fingerprint density at radius 1 is 1.00 bits per heavy atom. The molecule has 3 aromatic rings. The van der Waals surface area contributed by atoms with Crippen molar-refractivity contribution in [1.29, 1.82) is 0 Å². The number of rotatable bonds is 7. The predicted octanol–water partition coefficient (Wildman–Crippen LogP) is 4.18. The molecule has 2 heterocycles. The molecule has 0 saturated heterocycles. The van der Waals surface area contributed by atoms with E-state index in [1.807, 2.05) is 0 Å². The lowest BCUT2D eigenvalue weighted by Crippen LogP contribution is -2.41. The molecule has 28 heavy (non-hydrogen) atoms. The van der Waals surface area contributed by atoms with Crippen molar-refractivity contribution in [2.75, 3.05) is 6.54 Å². The van der Waals surface area contributed by atoms with E-state index < -0.39 is 33.1 Å². The van der Waals surface area contributed by atoms with E-state index in [2.05, 4.69) is 4.72 Å². The molecule has 0 aliphatic heterocycles. The minimum absolute atomic E-state index is 0.218. The number of hydrogen-bond donors (Lipinski definition) is 2. The van der Waals surface area contributed by atoms with E-state index in [1.165, 1.54) is 22.7 Å². The molecule has 0 aliphatic carbocycles. The zero-order chi connectivity index (χ0) is 20.4. The van der Waals surface area contributed by atoms with Crippen LogP contribution in [0.4, 0.5) is 13.2 Å². The molecule has 2 N–H and O–H groups in total. The Labute approximate surface area is 168 Å². The van der Waals surface area contributed by atoms with Crippen LogP contribution < -0.4 is 4.72 Å². The third-order valence-electron chi connectivity index (χ3n) is 4.11. The Morgan fingerprint density at radius 3 is 2.25 bits per heavy atom. The maximum Gasteiger partial charge on any atom is 0.416 e. The minimum atomic E-state index is -4.48. The van der Waals surface area contributed by atoms with Crippen LogP contribution in [0.15, 0.2) is 58.6 Å². The second kappa shape index (κ2) is 7.96. The van der Waals surface area contributed by atoms with E-state index in [9.17, 15) is 26.7 Å². The molecule has 0 spiro atoms. The summed E-state index contributed by atoms with van der Waals surface area (Å²) in [6.07, 6.45) is -4.48. The molecule has 1 aromatic carbocycles. The quantitative estimate of drug-likeness (QED) is 0.571. The molecular formula is C18H16F3NO3S3. The molecule has 0 amide bonds. The lowest BCUT2D eigenvalue weighted by Gasteiger charge is -2.27. The van der Waals surface area contributed by atoms with Gasteiger partial charge >= 0.3 is 6.18 Å². The molecule has 0 aliphatic rings. The molecule has 10 heteroatoms. The van der Waals surface area contributed by atoms with E-state index in [-0.39, 0.29) is 12.1 Å². The molecule has 0 fully saturated rings. The van der Waals surface area contributed by atoms with Crippen LogP contribution in [0, 0.1) is 0 Å². The fourth-order valence-corrected chi connectivity index (χ4v) is 5.35. The highest BCUT2D eigenvalue weighted by Gasteiger charge is 2.34. The highest BCUT2D eigenvalue weighted by molar-refractivity contribution is 7.88. The average Bonchev–Trinajstić information content (AvgIpc) is 3.33. The predicted molar refractivity (Wildman–Crippen MR) is 104 cm³/mol. The van der Waals surface area contributed by atoms with Crippen LogP contribution in [-0.2, 0) is 27.6 Å². The third kappa shape index (κ3) is 4.81. The zero-order valence-electron chi connectivity index (χ0n) is 14.3. The summed E-state index contributed by atoms with van der Waals surface area (Å²) in [6.45, 7) is -0.285. The second-order valence-corrected chi connectivity index (χ2v) is 9.66. The number of nitrogens with one attached hydrogen (secondary N) is 1. The molecule has 3 rings (SSSR count). The molecule has 1 unspecified atom stereocenters. The topological polar surface area (TPSA) is 66.4 Å². The maximum atomic E-state index is 12.6. The van der Waals surface area contributed by atoms with Gasteiger partial charge in [-0.15, -0.1) is 11.3 Å². The normalized spacial score (nSPS) is 14.7. The summed E-state index contributed by atoms with van der Waals surface area (Å²) in [5.41, 5.74) is -1.58. The summed E-state index contributed by atoms with van der Waals surface area (Å²) < 4.78 is 65.1. The molecule has 0 radical (unpaired) electrons. The van der Waals surface area contributed by atoms with Gasteiger partial charge < -0.3 is 5.11 Å². The van der Waals surface area contributed by atoms with Gasteiger partial charge in [0.25, 0.3) is 0 Å². The first-order chi connectivity index (χ1) is 13.1.